The molecular formula is C35H37N3O8S2. The van der Waals surface area contributed by atoms with Crippen LogP contribution in [0.2, 0.25) is 0 Å². The minimum atomic E-state index is -0.864. The fraction of sp³-hybridized carbons (Fsp3) is 0.343. The van der Waals surface area contributed by atoms with Crippen molar-refractivity contribution >= 4 is 52.9 Å². The van der Waals surface area contributed by atoms with Crippen molar-refractivity contribution in [1.29, 1.82) is 0 Å². The van der Waals surface area contributed by atoms with Gasteiger partial charge in [-0.2, -0.15) is 0 Å². The minimum absolute atomic E-state index is 0.00287. The monoisotopic (exact) mass is 691 g/mol. The number of esters is 2. The molecule has 5 rings (SSSR count). The lowest BCUT2D eigenvalue weighted by molar-refractivity contribution is -0.154. The van der Waals surface area contributed by atoms with E-state index in [0.717, 1.165) is 20.9 Å². The molecule has 0 aliphatic carbocycles. The average Bonchev–Trinajstić information content (AvgIpc) is 3.51. The lowest BCUT2D eigenvalue weighted by Crippen LogP contribution is -2.70. The number of carbonyl (C=O) groups excluding carboxylic acids is 5. The molecule has 0 bridgehead atoms. The standard InChI is InChI=1S/C35H37N3O8S2/c1-35(2,3)46-34(43)36-19-25-16-15-24(48-25)18-26(39)37-28-31(41)38-29(23(17-27(40)44-4)20-47-32(28)38)33(42)45-30(21-11-7-5-8-12-21)22-13-9-6-10-14-22/h5-16,28,30,32H,17-20H2,1-4H3,(H,36,43)(H,37,39)/t28-,32-/m1/s1. The van der Waals surface area contributed by atoms with Gasteiger partial charge < -0.3 is 24.8 Å². The van der Waals surface area contributed by atoms with Gasteiger partial charge in [0.05, 0.1) is 26.5 Å². The number of β-lactam (4-membered cyclic amide) rings is 1. The molecule has 13 heteroatoms. The first-order valence-corrected chi connectivity index (χ1v) is 17.2. The summed E-state index contributed by atoms with van der Waals surface area (Å²) in [6.07, 6.45) is -1.45. The van der Waals surface area contributed by atoms with Crippen molar-refractivity contribution in [2.45, 2.75) is 63.3 Å². The minimum Gasteiger partial charge on any atom is -0.469 e. The number of amides is 3. The zero-order valence-electron chi connectivity index (χ0n) is 27.0. The van der Waals surface area contributed by atoms with Crippen LogP contribution in [0.1, 0.15) is 54.2 Å². The number of methoxy groups -OCH3 is 1. The van der Waals surface area contributed by atoms with Crippen molar-refractivity contribution in [3.8, 4) is 0 Å². The van der Waals surface area contributed by atoms with Gasteiger partial charge in [-0.05, 0) is 49.6 Å². The van der Waals surface area contributed by atoms with Crippen LogP contribution >= 0.6 is 23.1 Å². The van der Waals surface area contributed by atoms with Gasteiger partial charge >= 0.3 is 18.0 Å². The lowest BCUT2D eigenvalue weighted by atomic mass is 10.00. The van der Waals surface area contributed by atoms with Gasteiger partial charge in [0.25, 0.3) is 5.91 Å². The predicted molar refractivity (Wildman–Crippen MR) is 181 cm³/mol. The summed E-state index contributed by atoms with van der Waals surface area (Å²) in [5.74, 6) is -1.86. The maximum absolute atomic E-state index is 14.0. The fourth-order valence-corrected chi connectivity index (χ4v) is 7.57. The van der Waals surface area contributed by atoms with Crippen LogP contribution in [-0.2, 0) is 46.4 Å². The highest BCUT2D eigenvalue weighted by Crippen LogP contribution is 2.42. The Morgan fingerprint density at radius 1 is 0.917 bits per heavy atom. The van der Waals surface area contributed by atoms with E-state index >= 15 is 0 Å². The number of fused-ring (bicyclic) bond motifs is 1. The summed E-state index contributed by atoms with van der Waals surface area (Å²) in [6.45, 7) is 5.60. The summed E-state index contributed by atoms with van der Waals surface area (Å²) in [4.78, 5) is 67.8. The molecule has 1 saturated heterocycles. The molecule has 252 valence electrons. The quantitative estimate of drug-likeness (QED) is 0.164. The number of rotatable bonds is 11. The van der Waals surface area contributed by atoms with E-state index in [1.54, 1.807) is 26.8 Å². The van der Waals surface area contributed by atoms with Crippen molar-refractivity contribution in [1.82, 2.24) is 15.5 Å². The molecule has 3 heterocycles. The third-order valence-electron chi connectivity index (χ3n) is 7.43. The Kier molecular flexibility index (Phi) is 10.9. The third kappa shape index (κ3) is 8.45. The zero-order valence-corrected chi connectivity index (χ0v) is 28.7. The molecule has 0 radical (unpaired) electrons. The van der Waals surface area contributed by atoms with E-state index < -0.39 is 47.1 Å². The highest BCUT2D eigenvalue weighted by molar-refractivity contribution is 8.00. The first kappa shape index (κ1) is 34.7. The van der Waals surface area contributed by atoms with Crippen molar-refractivity contribution in [3.05, 3.63) is 105 Å². The molecule has 2 aliphatic rings. The number of nitrogens with one attached hydrogen (secondary N) is 2. The molecule has 2 atom stereocenters. The molecular weight excluding hydrogens is 655 g/mol. The van der Waals surface area contributed by atoms with Gasteiger partial charge in [-0.25, -0.2) is 9.59 Å². The molecule has 1 aromatic heterocycles. The number of carbonyl (C=O) groups is 5. The first-order valence-electron chi connectivity index (χ1n) is 15.3. The summed E-state index contributed by atoms with van der Waals surface area (Å²) in [7, 11) is 1.26. The molecule has 0 saturated carbocycles. The molecule has 3 amide bonds. The Morgan fingerprint density at radius 3 is 2.15 bits per heavy atom. The molecule has 0 unspecified atom stereocenters. The molecule has 0 spiro atoms. The normalized spacial score (nSPS) is 17.3. The largest absolute Gasteiger partial charge is 0.469 e. The van der Waals surface area contributed by atoms with Crippen LogP contribution in [-0.4, -0.2) is 64.6 Å². The predicted octanol–water partition coefficient (Wildman–Crippen LogP) is 4.87. The second-order valence-corrected chi connectivity index (χ2v) is 14.5. The summed E-state index contributed by atoms with van der Waals surface area (Å²) < 4.78 is 16.2. The third-order valence-corrected chi connectivity index (χ3v) is 9.85. The van der Waals surface area contributed by atoms with Crippen LogP contribution in [0.5, 0.6) is 0 Å². The van der Waals surface area contributed by atoms with E-state index in [4.69, 9.17) is 14.2 Å². The van der Waals surface area contributed by atoms with Gasteiger partial charge in [0.15, 0.2) is 6.10 Å². The van der Waals surface area contributed by atoms with Crippen molar-refractivity contribution in [2.75, 3.05) is 12.9 Å². The molecule has 2 N–H and O–H groups in total. The van der Waals surface area contributed by atoms with E-state index in [1.807, 2.05) is 66.7 Å². The number of thiophene rings is 1. The fourth-order valence-electron chi connectivity index (χ4n) is 5.27. The number of hydrogen-bond acceptors (Lipinski definition) is 10. The van der Waals surface area contributed by atoms with Crippen LogP contribution in [0.15, 0.2) is 84.1 Å². The average molecular weight is 692 g/mol. The van der Waals surface area contributed by atoms with E-state index in [1.165, 1.54) is 35.1 Å². The molecule has 11 nitrogen and oxygen atoms in total. The van der Waals surface area contributed by atoms with Crippen LogP contribution in [0, 0.1) is 0 Å². The number of benzene rings is 2. The smallest absolute Gasteiger partial charge is 0.407 e. The summed E-state index contributed by atoms with van der Waals surface area (Å²) >= 11 is 2.72. The molecule has 48 heavy (non-hydrogen) atoms. The molecule has 3 aromatic rings. The van der Waals surface area contributed by atoms with Crippen LogP contribution in [0.4, 0.5) is 4.79 Å². The highest BCUT2D eigenvalue weighted by Gasteiger charge is 2.54. The maximum atomic E-state index is 14.0. The molecule has 2 aliphatic heterocycles. The van der Waals surface area contributed by atoms with Gasteiger partial charge in [0.1, 0.15) is 22.7 Å². The summed E-state index contributed by atoms with van der Waals surface area (Å²) in [5.41, 5.74) is 1.28. The summed E-state index contributed by atoms with van der Waals surface area (Å²) in [5, 5.41) is 4.95. The van der Waals surface area contributed by atoms with Crippen molar-refractivity contribution in [2.24, 2.45) is 0 Å². The maximum Gasteiger partial charge on any atom is 0.407 e. The van der Waals surface area contributed by atoms with Gasteiger partial charge in [-0.15, -0.1) is 23.1 Å². The number of thioether (sulfide) groups is 1. The molecule has 2 aromatic carbocycles. The summed E-state index contributed by atoms with van der Waals surface area (Å²) in [6, 6.07) is 21.3. The van der Waals surface area contributed by atoms with Gasteiger partial charge in [0.2, 0.25) is 5.91 Å². The van der Waals surface area contributed by atoms with Crippen molar-refractivity contribution < 1.29 is 38.2 Å². The Balaban J connectivity index is 1.27. The van der Waals surface area contributed by atoms with Gasteiger partial charge in [-0.1, -0.05) is 60.7 Å². The second kappa shape index (κ2) is 15.1. The van der Waals surface area contributed by atoms with Gasteiger partial charge in [-0.3, -0.25) is 19.3 Å². The van der Waals surface area contributed by atoms with E-state index in [0.29, 0.717) is 5.57 Å². The topological polar surface area (TPSA) is 140 Å². The van der Waals surface area contributed by atoms with Crippen LogP contribution in [0.25, 0.3) is 0 Å². The lowest BCUT2D eigenvalue weighted by Gasteiger charge is -2.49. The van der Waals surface area contributed by atoms with Crippen LogP contribution < -0.4 is 10.6 Å². The van der Waals surface area contributed by atoms with Crippen LogP contribution in [0.3, 0.4) is 0 Å². The highest BCUT2D eigenvalue weighted by atomic mass is 32.2. The molecule has 1 fully saturated rings. The Labute approximate surface area is 287 Å². The van der Waals surface area contributed by atoms with Gasteiger partial charge in [0, 0.05) is 15.5 Å². The Morgan fingerprint density at radius 2 is 1.54 bits per heavy atom. The number of alkyl carbamates (subject to hydrolysis) is 1. The van der Waals surface area contributed by atoms with Crippen molar-refractivity contribution in [3.63, 3.8) is 0 Å². The van der Waals surface area contributed by atoms with E-state index in [9.17, 15) is 24.0 Å². The zero-order chi connectivity index (χ0) is 34.4. The number of ether oxygens (including phenoxy) is 3. The SMILES string of the molecule is COC(=O)CC1=C(C(=O)OC(c2ccccc2)c2ccccc2)N2C(=O)[C@@H](NC(=O)Cc3ccc(CNC(=O)OC(C)(C)C)s3)[C@H]2SC1. The van der Waals surface area contributed by atoms with E-state index in [2.05, 4.69) is 10.6 Å². The van der Waals surface area contributed by atoms with E-state index in [-0.39, 0.29) is 36.7 Å². The second-order valence-electron chi connectivity index (χ2n) is 12.2. The first-order chi connectivity index (χ1) is 22.9. The Hall–Kier alpha value is -4.62. The number of nitrogens with zero attached hydrogens (tertiary/aromatic N) is 1. The Bertz CT molecular complexity index is 1660. The number of hydrogen-bond donors (Lipinski definition) is 2.